The van der Waals surface area contributed by atoms with Gasteiger partial charge >= 0.3 is 5.97 Å². The molecular formula is C26H27N5O6. The lowest BCUT2D eigenvalue weighted by molar-refractivity contribution is -0.122. The quantitative estimate of drug-likeness (QED) is 0.345. The number of ether oxygens (including phenoxy) is 2. The maximum Gasteiger partial charge on any atom is 0.356 e. The van der Waals surface area contributed by atoms with Crippen LogP contribution in [0.3, 0.4) is 0 Å². The second-order valence-electron chi connectivity index (χ2n) is 8.35. The van der Waals surface area contributed by atoms with Crippen molar-refractivity contribution >= 4 is 29.2 Å². The van der Waals surface area contributed by atoms with Crippen molar-refractivity contribution in [2.24, 2.45) is 5.73 Å². The first-order chi connectivity index (χ1) is 17.6. The Morgan fingerprint density at radius 3 is 2.27 bits per heavy atom. The number of carbonyl (C=O) groups excluding carboxylic acids is 2. The molecule has 0 saturated heterocycles. The third kappa shape index (κ3) is 6.20. The van der Waals surface area contributed by atoms with Gasteiger partial charge in [0, 0.05) is 29.8 Å². The van der Waals surface area contributed by atoms with E-state index >= 15 is 0 Å². The number of hydrogen-bond donors (Lipinski definition) is 3. The number of aromatic carboxylic acids is 1. The third-order valence-electron chi connectivity index (χ3n) is 5.58. The highest BCUT2D eigenvalue weighted by Gasteiger charge is 2.27. The Kier molecular flexibility index (Phi) is 8.08. The van der Waals surface area contributed by atoms with Crippen molar-refractivity contribution in [2.75, 3.05) is 19.5 Å². The van der Waals surface area contributed by atoms with Gasteiger partial charge in [0.1, 0.15) is 0 Å². The molecule has 37 heavy (non-hydrogen) atoms. The Labute approximate surface area is 212 Å². The molecule has 0 atom stereocenters. The molecule has 0 spiro atoms. The number of imidazole rings is 1. The molecule has 0 radical (unpaired) electrons. The predicted octanol–water partition coefficient (Wildman–Crippen LogP) is 3.15. The normalized spacial score (nSPS) is 10.7. The summed E-state index contributed by atoms with van der Waals surface area (Å²) in [7, 11) is 3.05. The van der Waals surface area contributed by atoms with Gasteiger partial charge in [-0.15, -0.1) is 0 Å². The molecule has 0 fully saturated rings. The number of carboxylic acids is 1. The molecular weight excluding hydrogens is 478 g/mol. The Morgan fingerprint density at radius 1 is 1.03 bits per heavy atom. The van der Waals surface area contributed by atoms with Crippen LogP contribution in [0.2, 0.25) is 0 Å². The summed E-state index contributed by atoms with van der Waals surface area (Å²) in [5, 5.41) is 11.4. The van der Waals surface area contributed by atoms with Gasteiger partial charge in [0.25, 0.3) is 5.91 Å². The van der Waals surface area contributed by atoms with E-state index < -0.39 is 17.3 Å². The van der Waals surface area contributed by atoms with Crippen molar-refractivity contribution in [1.82, 2.24) is 14.4 Å². The Hall–Kier alpha value is -4.93. The molecule has 2 heterocycles. The zero-order valence-electron chi connectivity index (χ0n) is 20.8. The lowest BCUT2D eigenvalue weighted by Crippen LogP contribution is -2.35. The van der Waals surface area contributed by atoms with Gasteiger partial charge in [-0.3, -0.25) is 14.0 Å². The van der Waals surface area contributed by atoms with Crippen molar-refractivity contribution in [3.05, 3.63) is 83.9 Å². The second-order valence-corrected chi connectivity index (χ2v) is 8.35. The first-order valence-corrected chi connectivity index (χ1v) is 11.0. The molecule has 2 aromatic carbocycles. The number of amides is 2. The van der Waals surface area contributed by atoms with Gasteiger partial charge < -0.3 is 25.6 Å². The van der Waals surface area contributed by atoms with Crippen molar-refractivity contribution in [2.45, 2.75) is 19.3 Å². The van der Waals surface area contributed by atoms with Crippen LogP contribution >= 0.6 is 0 Å². The van der Waals surface area contributed by atoms with Gasteiger partial charge in [-0.1, -0.05) is 12.1 Å². The fourth-order valence-corrected chi connectivity index (χ4v) is 3.23. The van der Waals surface area contributed by atoms with Crippen LogP contribution in [0.5, 0.6) is 11.5 Å². The van der Waals surface area contributed by atoms with Crippen LogP contribution in [-0.2, 0) is 10.2 Å². The number of fused-ring (bicyclic) bond motifs is 1. The van der Waals surface area contributed by atoms with Gasteiger partial charge in [-0.25, -0.2) is 14.8 Å². The number of hydrogen-bond acceptors (Lipinski definition) is 7. The average Bonchev–Trinajstić information content (AvgIpc) is 3.34. The number of carbonyl (C=O) groups is 3. The van der Waals surface area contributed by atoms with Crippen LogP contribution < -0.4 is 20.5 Å². The van der Waals surface area contributed by atoms with Crippen molar-refractivity contribution in [3.8, 4) is 11.5 Å². The first kappa shape index (κ1) is 26.7. The molecule has 0 aliphatic rings. The number of anilines is 1. The van der Waals surface area contributed by atoms with Crippen LogP contribution in [0.4, 0.5) is 5.69 Å². The van der Waals surface area contributed by atoms with Crippen LogP contribution in [0.1, 0.15) is 40.3 Å². The largest absolute Gasteiger partial charge is 0.493 e. The minimum atomic E-state index is -1.04. The summed E-state index contributed by atoms with van der Waals surface area (Å²) in [6.07, 6.45) is 4.68. The molecule has 4 rings (SSSR count). The molecule has 2 aromatic heterocycles. The minimum Gasteiger partial charge on any atom is -0.493 e. The smallest absolute Gasteiger partial charge is 0.356 e. The van der Waals surface area contributed by atoms with E-state index in [1.54, 1.807) is 79.2 Å². The van der Waals surface area contributed by atoms with Crippen molar-refractivity contribution in [3.63, 3.8) is 0 Å². The molecule has 4 N–H and O–H groups in total. The molecule has 11 heteroatoms. The number of primary amides is 1. The number of carboxylic acid groups (broad SMARTS) is 1. The summed E-state index contributed by atoms with van der Waals surface area (Å²) in [4.78, 5) is 42.0. The molecule has 0 aliphatic heterocycles. The zero-order chi connectivity index (χ0) is 27.2. The molecule has 192 valence electrons. The van der Waals surface area contributed by atoms with Gasteiger partial charge in [0.05, 0.1) is 19.6 Å². The topological polar surface area (TPSA) is 158 Å². The number of benzene rings is 2. The van der Waals surface area contributed by atoms with Crippen LogP contribution in [0, 0.1) is 0 Å². The van der Waals surface area contributed by atoms with Gasteiger partial charge in [0.2, 0.25) is 11.7 Å². The lowest BCUT2D eigenvalue weighted by atomic mass is 9.84. The Balaban J connectivity index is 0.000000262. The molecule has 0 saturated carbocycles. The third-order valence-corrected chi connectivity index (χ3v) is 5.58. The maximum absolute atomic E-state index is 12.4. The molecule has 0 aliphatic carbocycles. The van der Waals surface area contributed by atoms with E-state index in [1.807, 2.05) is 0 Å². The minimum absolute atomic E-state index is 0.00806. The highest BCUT2D eigenvalue weighted by molar-refractivity contribution is 6.04. The monoisotopic (exact) mass is 505 g/mol. The van der Waals surface area contributed by atoms with Crippen LogP contribution in [0.25, 0.3) is 5.78 Å². The number of nitrogens with two attached hydrogens (primary N) is 1. The average molecular weight is 506 g/mol. The van der Waals surface area contributed by atoms with Gasteiger partial charge in [-0.05, 0) is 55.8 Å². The summed E-state index contributed by atoms with van der Waals surface area (Å²) in [6, 6.07) is 13.7. The highest BCUT2D eigenvalue weighted by Crippen LogP contribution is 2.28. The van der Waals surface area contributed by atoms with Gasteiger partial charge in [0.15, 0.2) is 17.2 Å². The summed E-state index contributed by atoms with van der Waals surface area (Å²) >= 11 is 0. The Bertz CT molecular complexity index is 1400. The molecule has 11 nitrogen and oxygen atoms in total. The number of aromatic nitrogens is 3. The SMILES string of the molecule is COc1ccc(C(=O)Nc2ccc(C(C)(C)C(N)=O)cc2)cc1OC.O=C(O)c1cn2cccnc2n1. The summed E-state index contributed by atoms with van der Waals surface area (Å²) in [5.41, 5.74) is 6.49. The summed E-state index contributed by atoms with van der Waals surface area (Å²) in [6.45, 7) is 3.51. The van der Waals surface area contributed by atoms with E-state index in [0.717, 1.165) is 5.56 Å². The van der Waals surface area contributed by atoms with E-state index in [9.17, 15) is 14.4 Å². The molecule has 0 bridgehead atoms. The fourth-order valence-electron chi connectivity index (χ4n) is 3.23. The van der Waals surface area contributed by atoms with Crippen molar-refractivity contribution < 1.29 is 29.0 Å². The van der Waals surface area contributed by atoms with Crippen LogP contribution in [-0.4, -0.2) is 51.5 Å². The van der Waals surface area contributed by atoms with E-state index in [0.29, 0.717) is 28.5 Å². The molecule has 0 unspecified atom stereocenters. The second kappa shape index (κ2) is 11.2. The number of rotatable bonds is 7. The highest BCUT2D eigenvalue weighted by atomic mass is 16.5. The first-order valence-electron chi connectivity index (χ1n) is 11.0. The van der Waals surface area contributed by atoms with E-state index in [4.69, 9.17) is 20.3 Å². The number of nitrogens with zero attached hydrogens (tertiary/aromatic N) is 3. The summed E-state index contributed by atoms with van der Waals surface area (Å²) in [5.74, 6) is -0.293. The Morgan fingerprint density at radius 2 is 1.70 bits per heavy atom. The standard InChI is InChI=1S/C19H22N2O4.C7H5N3O2/c1-19(2,18(20)23)13-6-8-14(9-7-13)21-17(22)12-5-10-15(24-3)16(11-12)25-4;11-6(12)5-4-10-3-1-2-8-7(10)9-5/h5-11H,1-4H3,(H2,20,23)(H,21,22);1-4H,(H,11,12). The fraction of sp³-hybridized carbons (Fsp3) is 0.192. The zero-order valence-corrected chi connectivity index (χ0v) is 20.8. The van der Waals surface area contributed by atoms with E-state index in [2.05, 4.69) is 15.3 Å². The summed E-state index contributed by atoms with van der Waals surface area (Å²) < 4.78 is 11.9. The van der Waals surface area contributed by atoms with Crippen molar-refractivity contribution in [1.29, 1.82) is 0 Å². The molecule has 2 amide bonds. The van der Waals surface area contributed by atoms with Gasteiger partial charge in [-0.2, -0.15) is 0 Å². The molecule has 4 aromatic rings. The van der Waals surface area contributed by atoms with E-state index in [-0.39, 0.29) is 11.6 Å². The van der Waals surface area contributed by atoms with Crippen LogP contribution in [0.15, 0.2) is 67.1 Å². The maximum atomic E-state index is 12.4. The number of methoxy groups -OCH3 is 2. The number of nitrogens with one attached hydrogen (secondary N) is 1. The predicted molar refractivity (Wildman–Crippen MR) is 136 cm³/mol. The lowest BCUT2D eigenvalue weighted by Gasteiger charge is -2.21. The van der Waals surface area contributed by atoms with E-state index in [1.165, 1.54) is 20.4 Å².